The largest absolute Gasteiger partial charge is 0.493 e. The van der Waals surface area contributed by atoms with Crippen molar-refractivity contribution in [2.24, 2.45) is 0 Å². The lowest BCUT2D eigenvalue weighted by molar-refractivity contribution is 0.191. The van der Waals surface area contributed by atoms with Gasteiger partial charge in [-0.15, -0.1) is 0 Å². The van der Waals surface area contributed by atoms with Crippen LogP contribution in [0.1, 0.15) is 23.6 Å². The van der Waals surface area contributed by atoms with Crippen molar-refractivity contribution in [2.45, 2.75) is 33.1 Å². The molecular formula is C21H30N2O3. The molecule has 2 aromatic rings. The van der Waals surface area contributed by atoms with Gasteiger partial charge in [0.25, 0.3) is 0 Å². The first-order valence-corrected chi connectivity index (χ1v) is 9.03. The van der Waals surface area contributed by atoms with E-state index >= 15 is 0 Å². The zero-order valence-electron chi connectivity index (χ0n) is 15.9. The Labute approximate surface area is 156 Å². The summed E-state index contributed by atoms with van der Waals surface area (Å²) in [7, 11) is 1.66. The third-order valence-corrected chi connectivity index (χ3v) is 3.99. The van der Waals surface area contributed by atoms with Gasteiger partial charge in [0, 0.05) is 26.2 Å². The summed E-state index contributed by atoms with van der Waals surface area (Å²) < 4.78 is 11.4. The predicted octanol–water partition coefficient (Wildman–Crippen LogP) is 2.64. The highest BCUT2D eigenvalue weighted by Crippen LogP contribution is 2.28. The van der Waals surface area contributed by atoms with E-state index in [9.17, 15) is 5.11 Å². The molecular weight excluding hydrogens is 328 g/mol. The van der Waals surface area contributed by atoms with Gasteiger partial charge in [-0.05, 0) is 37.1 Å². The molecule has 5 nitrogen and oxygen atoms in total. The number of hydrogen-bond donors (Lipinski definition) is 3. The van der Waals surface area contributed by atoms with Crippen LogP contribution >= 0.6 is 0 Å². The fraction of sp³-hybridized carbons (Fsp3) is 0.429. The fourth-order valence-electron chi connectivity index (χ4n) is 2.51. The van der Waals surface area contributed by atoms with E-state index in [1.165, 1.54) is 5.56 Å². The molecule has 0 aromatic heterocycles. The van der Waals surface area contributed by atoms with Crippen molar-refractivity contribution in [3.05, 3.63) is 59.2 Å². The Hall–Kier alpha value is -2.08. The SMILES string of the molecule is COc1cc(CNCCNC[C@@H](C)O)ccc1OCc1ccc(C)cc1. The lowest BCUT2D eigenvalue weighted by Gasteiger charge is -2.13. The molecule has 1 atom stereocenters. The van der Waals surface area contributed by atoms with Gasteiger partial charge < -0.3 is 25.2 Å². The normalized spacial score (nSPS) is 12.0. The summed E-state index contributed by atoms with van der Waals surface area (Å²) in [6.07, 6.45) is -0.313. The summed E-state index contributed by atoms with van der Waals surface area (Å²) in [6.45, 7) is 7.38. The van der Waals surface area contributed by atoms with Crippen LogP contribution in [-0.4, -0.2) is 38.0 Å². The topological polar surface area (TPSA) is 62.8 Å². The zero-order chi connectivity index (χ0) is 18.8. The Balaban J connectivity index is 1.81. The highest BCUT2D eigenvalue weighted by molar-refractivity contribution is 5.43. The quantitative estimate of drug-likeness (QED) is 0.539. The number of ether oxygens (including phenoxy) is 2. The average Bonchev–Trinajstić information content (AvgIpc) is 2.64. The maximum absolute atomic E-state index is 9.19. The van der Waals surface area contributed by atoms with Gasteiger partial charge in [0.2, 0.25) is 0 Å². The number of aryl methyl sites for hydroxylation is 1. The molecule has 0 saturated heterocycles. The minimum atomic E-state index is -0.313. The standard InChI is InChI=1S/C21H30N2O3/c1-16-4-6-18(7-5-16)15-26-20-9-8-19(12-21(20)25-3)14-23-11-10-22-13-17(2)24/h4-9,12,17,22-24H,10-11,13-15H2,1-3H3/t17-/m1/s1. The average molecular weight is 358 g/mol. The van der Waals surface area contributed by atoms with Crippen LogP contribution in [0, 0.1) is 6.92 Å². The Morgan fingerprint density at radius 3 is 2.35 bits per heavy atom. The molecule has 142 valence electrons. The van der Waals surface area contributed by atoms with E-state index < -0.39 is 0 Å². The Bertz CT molecular complexity index is 657. The number of aliphatic hydroxyl groups excluding tert-OH is 1. The fourth-order valence-corrected chi connectivity index (χ4v) is 2.51. The van der Waals surface area contributed by atoms with Crippen LogP contribution in [0.2, 0.25) is 0 Å². The van der Waals surface area contributed by atoms with Crippen molar-refractivity contribution in [3.63, 3.8) is 0 Å². The second-order valence-corrected chi connectivity index (χ2v) is 6.49. The molecule has 3 N–H and O–H groups in total. The number of nitrogens with one attached hydrogen (secondary N) is 2. The highest BCUT2D eigenvalue weighted by Gasteiger charge is 2.06. The summed E-state index contributed by atoms with van der Waals surface area (Å²) in [6, 6.07) is 14.3. The highest BCUT2D eigenvalue weighted by atomic mass is 16.5. The van der Waals surface area contributed by atoms with E-state index in [4.69, 9.17) is 9.47 Å². The molecule has 0 fully saturated rings. The molecule has 0 aliphatic carbocycles. The Kier molecular flexibility index (Phi) is 8.41. The third kappa shape index (κ3) is 7.04. The van der Waals surface area contributed by atoms with E-state index in [1.807, 2.05) is 18.2 Å². The van der Waals surface area contributed by atoms with E-state index in [2.05, 4.69) is 41.8 Å². The molecule has 0 unspecified atom stereocenters. The zero-order valence-corrected chi connectivity index (χ0v) is 15.9. The number of hydrogen-bond acceptors (Lipinski definition) is 5. The smallest absolute Gasteiger partial charge is 0.161 e. The van der Waals surface area contributed by atoms with Crippen LogP contribution in [0.15, 0.2) is 42.5 Å². The third-order valence-electron chi connectivity index (χ3n) is 3.99. The van der Waals surface area contributed by atoms with Crippen molar-refractivity contribution in [3.8, 4) is 11.5 Å². The first-order chi connectivity index (χ1) is 12.6. The van der Waals surface area contributed by atoms with Crippen molar-refractivity contribution in [1.82, 2.24) is 10.6 Å². The van der Waals surface area contributed by atoms with Crippen LogP contribution < -0.4 is 20.1 Å². The summed E-state index contributed by atoms with van der Waals surface area (Å²) in [4.78, 5) is 0. The lowest BCUT2D eigenvalue weighted by Crippen LogP contribution is -2.31. The van der Waals surface area contributed by atoms with E-state index in [0.717, 1.165) is 42.3 Å². The molecule has 0 aliphatic heterocycles. The molecule has 0 aliphatic rings. The molecule has 2 aromatic carbocycles. The van der Waals surface area contributed by atoms with Gasteiger partial charge in [0.15, 0.2) is 11.5 Å². The summed E-state index contributed by atoms with van der Waals surface area (Å²) in [5, 5.41) is 15.7. The van der Waals surface area contributed by atoms with Crippen molar-refractivity contribution >= 4 is 0 Å². The second kappa shape index (κ2) is 10.8. The number of aliphatic hydroxyl groups is 1. The van der Waals surface area contributed by atoms with Crippen LogP contribution in [0.5, 0.6) is 11.5 Å². The van der Waals surface area contributed by atoms with Gasteiger partial charge in [0.1, 0.15) is 6.61 Å². The Morgan fingerprint density at radius 2 is 1.65 bits per heavy atom. The minimum Gasteiger partial charge on any atom is -0.493 e. The van der Waals surface area contributed by atoms with Gasteiger partial charge in [-0.3, -0.25) is 0 Å². The van der Waals surface area contributed by atoms with Crippen molar-refractivity contribution in [2.75, 3.05) is 26.7 Å². The predicted molar refractivity (Wildman–Crippen MR) is 105 cm³/mol. The first kappa shape index (κ1) is 20.2. The molecule has 2 rings (SSSR count). The summed E-state index contributed by atoms with van der Waals surface area (Å²) >= 11 is 0. The molecule has 0 spiro atoms. The maximum Gasteiger partial charge on any atom is 0.161 e. The van der Waals surface area contributed by atoms with Gasteiger partial charge in [0.05, 0.1) is 13.2 Å². The monoisotopic (exact) mass is 358 g/mol. The molecule has 0 saturated carbocycles. The van der Waals surface area contributed by atoms with Gasteiger partial charge >= 0.3 is 0 Å². The molecule has 5 heteroatoms. The van der Waals surface area contributed by atoms with Gasteiger partial charge in [-0.25, -0.2) is 0 Å². The Morgan fingerprint density at radius 1 is 0.962 bits per heavy atom. The lowest BCUT2D eigenvalue weighted by atomic mass is 10.1. The molecule has 0 bridgehead atoms. The first-order valence-electron chi connectivity index (χ1n) is 9.03. The van der Waals surface area contributed by atoms with Crippen LogP contribution in [0.3, 0.4) is 0 Å². The van der Waals surface area contributed by atoms with Crippen LogP contribution in [-0.2, 0) is 13.2 Å². The molecule has 26 heavy (non-hydrogen) atoms. The number of methoxy groups -OCH3 is 1. The number of rotatable bonds is 11. The van der Waals surface area contributed by atoms with Gasteiger partial charge in [-0.1, -0.05) is 35.9 Å². The minimum absolute atomic E-state index is 0.313. The van der Waals surface area contributed by atoms with Crippen LogP contribution in [0.4, 0.5) is 0 Å². The number of benzene rings is 2. The summed E-state index contributed by atoms with van der Waals surface area (Å²) in [5.41, 5.74) is 3.51. The van der Waals surface area contributed by atoms with Crippen LogP contribution in [0.25, 0.3) is 0 Å². The van der Waals surface area contributed by atoms with Gasteiger partial charge in [-0.2, -0.15) is 0 Å². The molecule has 0 heterocycles. The van der Waals surface area contributed by atoms with E-state index in [-0.39, 0.29) is 6.10 Å². The van der Waals surface area contributed by atoms with Crippen molar-refractivity contribution in [1.29, 1.82) is 0 Å². The van der Waals surface area contributed by atoms with Crippen molar-refractivity contribution < 1.29 is 14.6 Å². The van der Waals surface area contributed by atoms with E-state index in [0.29, 0.717) is 13.2 Å². The molecule has 0 radical (unpaired) electrons. The second-order valence-electron chi connectivity index (χ2n) is 6.49. The maximum atomic E-state index is 9.19. The molecule has 0 amide bonds. The summed E-state index contributed by atoms with van der Waals surface area (Å²) in [5.74, 6) is 1.49. The van der Waals surface area contributed by atoms with E-state index in [1.54, 1.807) is 14.0 Å².